The lowest BCUT2D eigenvalue weighted by Gasteiger charge is -2.35. The lowest BCUT2D eigenvalue weighted by molar-refractivity contribution is 0.0700. The average molecular weight is 429 g/mol. The van der Waals surface area contributed by atoms with Crippen LogP contribution in [0.3, 0.4) is 0 Å². The quantitative estimate of drug-likeness (QED) is 0.491. The Balaban J connectivity index is 1.48. The molecule has 3 fully saturated rings. The van der Waals surface area contributed by atoms with E-state index < -0.39 is 11.6 Å². The van der Waals surface area contributed by atoms with Gasteiger partial charge in [-0.3, -0.25) is 5.10 Å². The third kappa shape index (κ3) is 2.95. The maximum Gasteiger partial charge on any atom is 0.321 e. The predicted octanol–water partition coefficient (Wildman–Crippen LogP) is 2.96. The number of nitrogens with one attached hydrogen (secondary N) is 2. The number of alkyl halides is 2. The van der Waals surface area contributed by atoms with Gasteiger partial charge in [0.1, 0.15) is 11.4 Å². The second kappa shape index (κ2) is 6.70. The molecule has 10 heteroatoms. The highest BCUT2D eigenvalue weighted by atomic mass is 19.3. The molecule has 3 aromatic rings. The second-order valence-electron chi connectivity index (χ2n) is 9.00. The Bertz CT molecular complexity index is 1110. The summed E-state index contributed by atoms with van der Waals surface area (Å²) in [7, 11) is 0. The first-order chi connectivity index (χ1) is 15.0. The number of pyridine rings is 1. The van der Waals surface area contributed by atoms with Crippen LogP contribution in [0.15, 0.2) is 24.5 Å². The predicted molar refractivity (Wildman–Crippen MR) is 111 cm³/mol. The lowest BCUT2D eigenvalue weighted by atomic mass is 9.76. The van der Waals surface area contributed by atoms with E-state index in [9.17, 15) is 8.78 Å². The van der Waals surface area contributed by atoms with Gasteiger partial charge in [0.2, 0.25) is 0 Å². The summed E-state index contributed by atoms with van der Waals surface area (Å²) in [5.74, 6) is 1.58. The SMILES string of the molecule is C[C@@H]1COCCN1c1cc(C2CCC[C@]3(C2)NC3(F)F)c2cnn(-c3ccn[nH]3)c2n1. The number of nitrogens with zero attached hydrogens (tertiary/aromatic N) is 5. The highest BCUT2D eigenvalue weighted by molar-refractivity contribution is 5.83. The molecule has 0 amide bonds. The number of morpholine rings is 1. The Morgan fingerprint density at radius 1 is 1.32 bits per heavy atom. The molecule has 2 saturated heterocycles. The molecule has 3 aliphatic rings. The van der Waals surface area contributed by atoms with Crippen molar-refractivity contribution in [2.75, 3.05) is 24.7 Å². The molecule has 8 nitrogen and oxygen atoms in total. The Labute approximate surface area is 178 Å². The van der Waals surface area contributed by atoms with Gasteiger partial charge < -0.3 is 9.64 Å². The van der Waals surface area contributed by atoms with Gasteiger partial charge in [-0.15, -0.1) is 0 Å². The minimum Gasteiger partial charge on any atom is -0.377 e. The molecular formula is C21H25F2N7O. The molecule has 1 saturated carbocycles. The summed E-state index contributed by atoms with van der Waals surface area (Å²) >= 11 is 0. The molecule has 31 heavy (non-hydrogen) atoms. The van der Waals surface area contributed by atoms with E-state index in [1.165, 1.54) is 0 Å². The first kappa shape index (κ1) is 19.1. The summed E-state index contributed by atoms with van der Waals surface area (Å²) in [4.78, 5) is 7.20. The highest BCUT2D eigenvalue weighted by Crippen LogP contribution is 2.55. The van der Waals surface area contributed by atoms with Crippen LogP contribution in [0.5, 0.6) is 0 Å². The number of anilines is 1. The second-order valence-corrected chi connectivity index (χ2v) is 9.00. The van der Waals surface area contributed by atoms with E-state index in [-0.39, 0.29) is 12.0 Å². The number of aromatic amines is 1. The number of aromatic nitrogens is 5. The molecule has 2 aliphatic heterocycles. The van der Waals surface area contributed by atoms with Crippen LogP contribution in [-0.2, 0) is 4.74 Å². The topological polar surface area (TPSA) is 93.8 Å². The molecule has 3 atom stereocenters. The molecule has 164 valence electrons. The number of hydrogen-bond donors (Lipinski definition) is 2. The van der Waals surface area contributed by atoms with Crippen LogP contribution >= 0.6 is 0 Å². The van der Waals surface area contributed by atoms with Crippen LogP contribution in [-0.4, -0.2) is 62.3 Å². The first-order valence-corrected chi connectivity index (χ1v) is 10.9. The summed E-state index contributed by atoms with van der Waals surface area (Å²) in [5.41, 5.74) is 0.704. The van der Waals surface area contributed by atoms with Crippen LogP contribution in [0.1, 0.15) is 44.1 Å². The van der Waals surface area contributed by atoms with E-state index in [0.29, 0.717) is 31.7 Å². The van der Waals surface area contributed by atoms with Crippen LogP contribution in [0.25, 0.3) is 16.9 Å². The van der Waals surface area contributed by atoms with Crippen LogP contribution in [0, 0.1) is 0 Å². The minimum absolute atomic E-state index is 0.0228. The molecular weight excluding hydrogens is 404 g/mol. The standard InChI is InChI=1S/C21H25F2N7O/c1-13-12-31-8-7-29(13)18-9-15(14-3-2-5-20(10-14)21(22,23)28-20)16-11-25-30(19(16)26-18)17-4-6-24-27-17/h4,6,9,11,13-14,28H,2-3,5,7-8,10,12H2,1H3,(H,24,27)/t13-,14?,20-/m1/s1. The maximum absolute atomic E-state index is 14.1. The molecule has 2 N–H and O–H groups in total. The van der Waals surface area contributed by atoms with Gasteiger partial charge in [0.15, 0.2) is 11.5 Å². The van der Waals surface area contributed by atoms with Gasteiger partial charge in [0.05, 0.1) is 31.6 Å². The normalized spacial score (nSPS) is 30.2. The van der Waals surface area contributed by atoms with Crippen LogP contribution in [0.2, 0.25) is 0 Å². The lowest BCUT2D eigenvalue weighted by Crippen LogP contribution is -2.44. The molecule has 1 unspecified atom stereocenters. The number of ether oxygens (including phenoxy) is 1. The van der Waals surface area contributed by atoms with Gasteiger partial charge in [-0.2, -0.15) is 23.7 Å². The summed E-state index contributed by atoms with van der Waals surface area (Å²) in [6, 6.07) is 1.34. The number of rotatable bonds is 3. The first-order valence-electron chi connectivity index (χ1n) is 10.9. The van der Waals surface area contributed by atoms with Crippen LogP contribution in [0.4, 0.5) is 14.6 Å². The third-order valence-corrected chi connectivity index (χ3v) is 7.06. The van der Waals surface area contributed by atoms with Crippen molar-refractivity contribution in [2.45, 2.75) is 56.2 Å². The van der Waals surface area contributed by atoms with E-state index in [0.717, 1.165) is 42.0 Å². The van der Waals surface area contributed by atoms with Crippen molar-refractivity contribution >= 4 is 16.9 Å². The summed E-state index contributed by atoms with van der Waals surface area (Å²) in [5, 5.41) is 14.9. The number of hydrogen-bond acceptors (Lipinski definition) is 6. The fraction of sp³-hybridized carbons (Fsp3) is 0.571. The van der Waals surface area contributed by atoms with E-state index >= 15 is 0 Å². The van der Waals surface area contributed by atoms with E-state index in [1.54, 1.807) is 17.1 Å². The van der Waals surface area contributed by atoms with Gasteiger partial charge in [0.25, 0.3) is 0 Å². The van der Waals surface area contributed by atoms with Crippen molar-refractivity contribution < 1.29 is 13.5 Å². The summed E-state index contributed by atoms with van der Waals surface area (Å²) in [6.45, 7) is 4.13. The molecule has 5 heterocycles. The molecule has 1 aliphatic carbocycles. The van der Waals surface area contributed by atoms with Crippen molar-refractivity contribution in [1.82, 2.24) is 30.3 Å². The summed E-state index contributed by atoms with van der Waals surface area (Å²) in [6.07, 6.45) is 6.06. The Kier molecular flexibility index (Phi) is 4.13. The third-order valence-electron chi connectivity index (χ3n) is 7.06. The average Bonchev–Trinajstić information content (AvgIpc) is 3.21. The largest absolute Gasteiger partial charge is 0.377 e. The number of halogens is 2. The zero-order chi connectivity index (χ0) is 21.2. The minimum atomic E-state index is -2.76. The van der Waals surface area contributed by atoms with Crippen molar-refractivity contribution in [1.29, 1.82) is 0 Å². The molecule has 0 bridgehead atoms. The van der Waals surface area contributed by atoms with Gasteiger partial charge in [-0.25, -0.2) is 10.3 Å². The Morgan fingerprint density at radius 2 is 2.19 bits per heavy atom. The van der Waals surface area contributed by atoms with Crippen molar-refractivity contribution in [2.24, 2.45) is 0 Å². The van der Waals surface area contributed by atoms with Gasteiger partial charge >= 0.3 is 6.05 Å². The van der Waals surface area contributed by atoms with Crippen molar-refractivity contribution in [3.05, 3.63) is 30.1 Å². The van der Waals surface area contributed by atoms with Crippen LogP contribution < -0.4 is 10.2 Å². The van der Waals surface area contributed by atoms with E-state index in [4.69, 9.17) is 9.72 Å². The van der Waals surface area contributed by atoms with Crippen molar-refractivity contribution in [3.63, 3.8) is 0 Å². The van der Waals surface area contributed by atoms with Gasteiger partial charge in [-0.1, -0.05) is 6.42 Å². The Morgan fingerprint density at radius 3 is 2.94 bits per heavy atom. The van der Waals surface area contributed by atoms with Gasteiger partial charge in [-0.05, 0) is 43.7 Å². The van der Waals surface area contributed by atoms with Gasteiger partial charge in [0, 0.05) is 18.0 Å². The summed E-state index contributed by atoms with van der Waals surface area (Å²) < 4.78 is 35.6. The fourth-order valence-corrected chi connectivity index (χ4v) is 5.31. The van der Waals surface area contributed by atoms with E-state index in [1.807, 2.05) is 6.07 Å². The highest BCUT2D eigenvalue weighted by Gasteiger charge is 2.71. The molecule has 0 aromatic carbocycles. The maximum atomic E-state index is 14.1. The zero-order valence-corrected chi connectivity index (χ0v) is 17.3. The molecule has 1 spiro atoms. The monoisotopic (exact) mass is 429 g/mol. The molecule has 0 radical (unpaired) electrons. The zero-order valence-electron chi connectivity index (χ0n) is 17.3. The fourth-order valence-electron chi connectivity index (χ4n) is 5.31. The smallest absolute Gasteiger partial charge is 0.321 e. The van der Waals surface area contributed by atoms with Crippen molar-refractivity contribution in [3.8, 4) is 5.82 Å². The number of H-pyrrole nitrogens is 1. The van der Waals surface area contributed by atoms with E-state index in [2.05, 4.69) is 38.5 Å². The Hall–Kier alpha value is -2.59. The number of fused-ring (bicyclic) bond motifs is 1. The molecule has 3 aromatic heterocycles. The molecule has 6 rings (SSSR count).